The van der Waals surface area contributed by atoms with Crippen LogP contribution in [-0.2, 0) is 19.2 Å². The van der Waals surface area contributed by atoms with Gasteiger partial charge in [-0.1, -0.05) is 23.0 Å². The molecule has 11 heteroatoms. The van der Waals surface area contributed by atoms with Gasteiger partial charge in [-0.3, -0.25) is 9.69 Å². The van der Waals surface area contributed by atoms with Crippen molar-refractivity contribution >= 4 is 29.0 Å². The van der Waals surface area contributed by atoms with Crippen LogP contribution in [-0.4, -0.2) is 68.1 Å². The van der Waals surface area contributed by atoms with Gasteiger partial charge in [-0.15, -0.1) is 11.3 Å². The number of thiophene rings is 1. The molecule has 1 fully saturated rings. The Kier molecular flexibility index (Phi) is 7.12. The van der Waals surface area contributed by atoms with Gasteiger partial charge in [-0.25, -0.2) is 4.98 Å². The molecule has 0 bridgehead atoms. The summed E-state index contributed by atoms with van der Waals surface area (Å²) in [5, 5.41) is 6.99. The molecule has 0 unspecified atom stereocenters. The number of hydrogen-bond donors (Lipinski definition) is 0. The number of imidazole rings is 1. The molecular weight excluding hydrogens is 472 g/mol. The molecule has 0 saturated carbocycles. The summed E-state index contributed by atoms with van der Waals surface area (Å²) in [6, 6.07) is 7.62. The lowest BCUT2D eigenvalue weighted by Crippen LogP contribution is -2.48. The van der Waals surface area contributed by atoms with E-state index < -0.39 is 0 Å². The second-order valence-corrected chi connectivity index (χ2v) is 9.99. The normalized spacial score (nSPS) is 14.7. The SMILES string of the molecule is Cn1ccnc1SCc1ccc(C(=O)N2CCN(CCCc3nc(-c4cccs4)no3)CC2)o1. The zero-order valence-electron chi connectivity index (χ0n) is 18.9. The van der Waals surface area contributed by atoms with Crippen LogP contribution in [0.2, 0.25) is 0 Å². The molecule has 0 spiro atoms. The standard InChI is InChI=1S/C23H26N6O3S2/c1-27-10-8-24-23(27)34-16-17-6-7-18(31-17)22(30)29-13-11-28(12-14-29)9-2-5-20-25-21(26-32-20)19-4-3-15-33-19/h3-4,6-8,10,15H,2,5,9,11-14,16H2,1H3. The molecule has 178 valence electrons. The Morgan fingerprint density at radius 2 is 2.09 bits per heavy atom. The number of amides is 1. The molecule has 5 heterocycles. The van der Waals surface area contributed by atoms with Crippen LogP contribution in [0, 0.1) is 0 Å². The van der Waals surface area contributed by atoms with Crippen LogP contribution in [0.5, 0.6) is 0 Å². The number of carbonyl (C=O) groups excluding carboxylic acids is 1. The molecule has 0 N–H and O–H groups in total. The number of aryl methyl sites for hydroxylation is 2. The first-order valence-corrected chi connectivity index (χ1v) is 13.1. The van der Waals surface area contributed by atoms with Gasteiger partial charge in [0.05, 0.1) is 10.6 Å². The van der Waals surface area contributed by atoms with Crippen LogP contribution in [0.1, 0.15) is 28.6 Å². The fourth-order valence-corrected chi connectivity index (χ4v) is 5.32. The van der Waals surface area contributed by atoms with Gasteiger partial charge in [0.1, 0.15) is 5.76 Å². The van der Waals surface area contributed by atoms with Crippen LogP contribution < -0.4 is 0 Å². The number of piperazine rings is 1. The minimum atomic E-state index is -0.0418. The number of thioether (sulfide) groups is 1. The van der Waals surface area contributed by atoms with Crippen LogP contribution >= 0.6 is 23.1 Å². The highest BCUT2D eigenvalue weighted by atomic mass is 32.2. The summed E-state index contributed by atoms with van der Waals surface area (Å²) >= 11 is 3.19. The zero-order valence-corrected chi connectivity index (χ0v) is 20.6. The summed E-state index contributed by atoms with van der Waals surface area (Å²) in [6.07, 6.45) is 5.37. The highest BCUT2D eigenvalue weighted by Crippen LogP contribution is 2.23. The number of carbonyl (C=O) groups is 1. The number of hydrogen-bond acceptors (Lipinski definition) is 9. The molecule has 9 nitrogen and oxygen atoms in total. The fourth-order valence-electron chi connectivity index (χ4n) is 3.84. The largest absolute Gasteiger partial charge is 0.455 e. The molecule has 4 aromatic heterocycles. The van der Waals surface area contributed by atoms with Crippen molar-refractivity contribution in [3.8, 4) is 10.7 Å². The summed E-state index contributed by atoms with van der Waals surface area (Å²) in [5.41, 5.74) is 0. The minimum absolute atomic E-state index is 0.0418. The topological polar surface area (TPSA) is 93.4 Å². The van der Waals surface area contributed by atoms with Crippen molar-refractivity contribution in [3.05, 3.63) is 59.5 Å². The smallest absolute Gasteiger partial charge is 0.289 e. The lowest BCUT2D eigenvalue weighted by atomic mass is 10.2. The lowest BCUT2D eigenvalue weighted by Gasteiger charge is -2.34. The number of aromatic nitrogens is 4. The molecule has 34 heavy (non-hydrogen) atoms. The van der Waals surface area contributed by atoms with Gasteiger partial charge >= 0.3 is 0 Å². The van der Waals surface area contributed by atoms with Gasteiger partial charge in [0.25, 0.3) is 5.91 Å². The van der Waals surface area contributed by atoms with E-state index in [9.17, 15) is 4.79 Å². The molecule has 1 saturated heterocycles. The third-order valence-corrected chi connectivity index (χ3v) is 7.67. The maximum atomic E-state index is 12.9. The zero-order chi connectivity index (χ0) is 23.3. The molecule has 5 rings (SSSR count). The first-order valence-electron chi connectivity index (χ1n) is 11.2. The van der Waals surface area contributed by atoms with E-state index in [0.29, 0.717) is 36.3 Å². The van der Waals surface area contributed by atoms with Crippen molar-refractivity contribution in [1.29, 1.82) is 0 Å². The summed E-state index contributed by atoms with van der Waals surface area (Å²) in [6.45, 7) is 4.02. The molecule has 1 aliphatic heterocycles. The van der Waals surface area contributed by atoms with E-state index in [-0.39, 0.29) is 5.91 Å². The van der Waals surface area contributed by atoms with E-state index >= 15 is 0 Å². The highest BCUT2D eigenvalue weighted by molar-refractivity contribution is 7.98. The average molecular weight is 499 g/mol. The molecule has 4 aromatic rings. The van der Waals surface area contributed by atoms with E-state index in [1.807, 2.05) is 46.3 Å². The third-order valence-electron chi connectivity index (χ3n) is 5.73. The summed E-state index contributed by atoms with van der Waals surface area (Å²) in [5.74, 6) is 3.11. The molecular formula is C23H26N6O3S2. The van der Waals surface area contributed by atoms with Gasteiger partial charge in [-0.2, -0.15) is 4.98 Å². The summed E-state index contributed by atoms with van der Waals surface area (Å²) in [7, 11) is 1.96. The molecule has 0 aromatic carbocycles. The fraction of sp³-hybridized carbons (Fsp3) is 0.391. The molecule has 0 radical (unpaired) electrons. The van der Waals surface area contributed by atoms with E-state index in [1.165, 1.54) is 0 Å². The van der Waals surface area contributed by atoms with Gasteiger partial charge in [0, 0.05) is 52.0 Å². The number of furan rings is 1. The van der Waals surface area contributed by atoms with Crippen molar-refractivity contribution in [3.63, 3.8) is 0 Å². The second-order valence-electron chi connectivity index (χ2n) is 8.10. The predicted octanol–water partition coefficient (Wildman–Crippen LogP) is 3.81. The van der Waals surface area contributed by atoms with Gasteiger partial charge in [-0.05, 0) is 36.5 Å². The summed E-state index contributed by atoms with van der Waals surface area (Å²) in [4.78, 5) is 26.9. The van der Waals surface area contributed by atoms with E-state index in [4.69, 9.17) is 8.94 Å². The quantitative estimate of drug-likeness (QED) is 0.322. The Morgan fingerprint density at radius 1 is 1.21 bits per heavy atom. The van der Waals surface area contributed by atoms with Crippen LogP contribution in [0.25, 0.3) is 10.7 Å². The van der Waals surface area contributed by atoms with Crippen molar-refractivity contribution in [1.82, 2.24) is 29.5 Å². The van der Waals surface area contributed by atoms with Gasteiger partial charge < -0.3 is 18.4 Å². The van der Waals surface area contributed by atoms with E-state index in [1.54, 1.807) is 35.4 Å². The predicted molar refractivity (Wildman–Crippen MR) is 130 cm³/mol. The maximum absolute atomic E-state index is 12.9. The van der Waals surface area contributed by atoms with E-state index in [0.717, 1.165) is 48.3 Å². The van der Waals surface area contributed by atoms with Crippen molar-refractivity contribution in [2.45, 2.75) is 23.8 Å². The highest BCUT2D eigenvalue weighted by Gasteiger charge is 2.24. The van der Waals surface area contributed by atoms with Gasteiger partial charge in [0.15, 0.2) is 10.9 Å². The molecule has 1 aliphatic rings. The van der Waals surface area contributed by atoms with Crippen LogP contribution in [0.4, 0.5) is 0 Å². The van der Waals surface area contributed by atoms with Gasteiger partial charge in [0.2, 0.25) is 11.7 Å². The Hall–Kier alpha value is -2.89. The number of nitrogens with zero attached hydrogens (tertiary/aromatic N) is 6. The van der Waals surface area contributed by atoms with Crippen LogP contribution in [0.15, 0.2) is 56.1 Å². The first-order chi connectivity index (χ1) is 16.7. The maximum Gasteiger partial charge on any atom is 0.289 e. The Labute approximate surface area is 205 Å². The Morgan fingerprint density at radius 3 is 2.85 bits per heavy atom. The molecule has 0 atom stereocenters. The Bertz CT molecular complexity index is 1210. The number of rotatable bonds is 9. The Balaban J connectivity index is 1.04. The average Bonchev–Trinajstić information content (AvgIpc) is 3.66. The monoisotopic (exact) mass is 498 g/mol. The molecule has 1 amide bonds. The van der Waals surface area contributed by atoms with Crippen molar-refractivity contribution in [2.24, 2.45) is 7.05 Å². The lowest BCUT2D eigenvalue weighted by molar-refractivity contribution is 0.0603. The minimum Gasteiger partial charge on any atom is -0.455 e. The summed E-state index contributed by atoms with van der Waals surface area (Å²) < 4.78 is 13.2. The third kappa shape index (κ3) is 5.43. The molecule has 0 aliphatic carbocycles. The second kappa shape index (κ2) is 10.6. The van der Waals surface area contributed by atoms with Crippen molar-refractivity contribution < 1.29 is 13.7 Å². The van der Waals surface area contributed by atoms with Crippen LogP contribution in [0.3, 0.4) is 0 Å². The van der Waals surface area contributed by atoms with E-state index in [2.05, 4.69) is 20.0 Å². The van der Waals surface area contributed by atoms with Crippen molar-refractivity contribution in [2.75, 3.05) is 32.7 Å². The first kappa shape index (κ1) is 22.9.